The standard InChI is InChI=1S/C19H26O6/c1-18(2)22-12-15(23-18)17-16(24-19(3,4)25-17)14(10-20)21-11-13-8-6-5-7-9-13/h5-10,14-17H,11-12H2,1-4H3/t14-,15?,16-,17-/m1/s1. The normalized spacial score (nSPS) is 31.8. The summed E-state index contributed by atoms with van der Waals surface area (Å²) in [5.41, 5.74) is 0.991. The van der Waals surface area contributed by atoms with Crippen molar-refractivity contribution in [3.05, 3.63) is 35.9 Å². The van der Waals surface area contributed by atoms with E-state index >= 15 is 0 Å². The van der Waals surface area contributed by atoms with E-state index in [-0.39, 0.29) is 6.10 Å². The molecule has 0 spiro atoms. The van der Waals surface area contributed by atoms with Crippen molar-refractivity contribution in [3.8, 4) is 0 Å². The molecule has 2 fully saturated rings. The molecule has 1 aromatic rings. The highest BCUT2D eigenvalue weighted by Gasteiger charge is 2.52. The van der Waals surface area contributed by atoms with Gasteiger partial charge in [-0.25, -0.2) is 0 Å². The Morgan fingerprint density at radius 2 is 1.84 bits per heavy atom. The Bertz CT molecular complexity index is 585. The lowest BCUT2D eigenvalue weighted by molar-refractivity contribution is -0.175. The summed E-state index contributed by atoms with van der Waals surface area (Å²) in [5.74, 6) is -1.49. The summed E-state index contributed by atoms with van der Waals surface area (Å²) in [6, 6.07) is 9.70. The van der Waals surface area contributed by atoms with Crippen LogP contribution in [0.15, 0.2) is 30.3 Å². The third kappa shape index (κ3) is 4.46. The molecule has 2 heterocycles. The van der Waals surface area contributed by atoms with Crippen LogP contribution in [0, 0.1) is 0 Å². The summed E-state index contributed by atoms with van der Waals surface area (Å²) < 4.78 is 29.4. The molecule has 138 valence electrons. The smallest absolute Gasteiger partial charge is 0.164 e. The van der Waals surface area contributed by atoms with Crippen LogP contribution in [0.1, 0.15) is 33.3 Å². The van der Waals surface area contributed by atoms with Crippen molar-refractivity contribution in [1.29, 1.82) is 0 Å². The van der Waals surface area contributed by atoms with Crippen LogP contribution in [0.5, 0.6) is 0 Å². The number of carbonyl (C=O) groups is 1. The summed E-state index contributed by atoms with van der Waals surface area (Å²) >= 11 is 0. The lowest BCUT2D eigenvalue weighted by Crippen LogP contribution is -2.45. The van der Waals surface area contributed by atoms with Gasteiger partial charge in [0, 0.05) is 0 Å². The molecule has 0 aromatic heterocycles. The molecule has 1 unspecified atom stereocenters. The van der Waals surface area contributed by atoms with Crippen LogP contribution in [0.25, 0.3) is 0 Å². The van der Waals surface area contributed by atoms with Crippen LogP contribution in [0.2, 0.25) is 0 Å². The average Bonchev–Trinajstić information content (AvgIpc) is 3.08. The molecule has 0 N–H and O–H groups in total. The summed E-state index contributed by atoms with van der Waals surface area (Å²) in [4.78, 5) is 11.7. The van der Waals surface area contributed by atoms with Gasteiger partial charge in [0.2, 0.25) is 0 Å². The molecule has 2 saturated heterocycles. The highest BCUT2D eigenvalue weighted by atomic mass is 16.8. The summed E-state index contributed by atoms with van der Waals surface area (Å²) in [6.45, 7) is 8.06. The van der Waals surface area contributed by atoms with E-state index in [9.17, 15) is 4.79 Å². The largest absolute Gasteiger partial charge is 0.363 e. The number of hydrogen-bond donors (Lipinski definition) is 0. The number of hydrogen-bond acceptors (Lipinski definition) is 6. The molecule has 0 bridgehead atoms. The zero-order chi connectivity index (χ0) is 18.1. The Morgan fingerprint density at radius 3 is 2.44 bits per heavy atom. The third-order valence-corrected chi connectivity index (χ3v) is 4.30. The van der Waals surface area contributed by atoms with E-state index in [2.05, 4.69) is 0 Å². The Hall–Kier alpha value is -1.31. The molecular weight excluding hydrogens is 324 g/mol. The number of benzene rings is 1. The van der Waals surface area contributed by atoms with E-state index in [1.807, 2.05) is 58.0 Å². The first-order valence-corrected chi connectivity index (χ1v) is 8.58. The molecule has 6 heteroatoms. The Kier molecular flexibility index (Phi) is 5.27. The molecule has 4 atom stereocenters. The van der Waals surface area contributed by atoms with Crippen LogP contribution in [0.3, 0.4) is 0 Å². The van der Waals surface area contributed by atoms with Crippen molar-refractivity contribution in [2.45, 2.75) is 70.3 Å². The molecule has 2 aliphatic heterocycles. The second-order valence-corrected chi connectivity index (χ2v) is 7.33. The number of rotatable bonds is 6. The van der Waals surface area contributed by atoms with E-state index < -0.39 is 29.9 Å². The second-order valence-electron chi connectivity index (χ2n) is 7.33. The first-order valence-electron chi connectivity index (χ1n) is 8.58. The third-order valence-electron chi connectivity index (χ3n) is 4.30. The first-order chi connectivity index (χ1) is 11.8. The SMILES string of the molecule is CC1(C)OCC([C@H]2OC(C)(C)O[C@@H]2[C@@H](C=O)OCc2ccccc2)O1. The quantitative estimate of drug-likeness (QED) is 0.735. The van der Waals surface area contributed by atoms with Gasteiger partial charge in [-0.3, -0.25) is 0 Å². The Labute approximate surface area is 148 Å². The monoisotopic (exact) mass is 350 g/mol. The predicted octanol–water partition coefficient (Wildman–Crippen LogP) is 2.44. The van der Waals surface area contributed by atoms with Gasteiger partial charge in [0.05, 0.1) is 13.2 Å². The molecule has 0 amide bonds. The molecule has 0 saturated carbocycles. The molecule has 25 heavy (non-hydrogen) atoms. The van der Waals surface area contributed by atoms with E-state index in [1.54, 1.807) is 0 Å². The molecule has 0 radical (unpaired) electrons. The van der Waals surface area contributed by atoms with Crippen LogP contribution in [0.4, 0.5) is 0 Å². The number of ether oxygens (including phenoxy) is 5. The maximum Gasteiger partial charge on any atom is 0.164 e. The molecule has 0 aliphatic carbocycles. The van der Waals surface area contributed by atoms with Crippen molar-refractivity contribution in [3.63, 3.8) is 0 Å². The van der Waals surface area contributed by atoms with E-state index in [0.717, 1.165) is 11.8 Å². The van der Waals surface area contributed by atoms with Gasteiger partial charge in [0.15, 0.2) is 17.9 Å². The minimum Gasteiger partial charge on any atom is -0.363 e. The van der Waals surface area contributed by atoms with Gasteiger partial charge in [0.25, 0.3) is 0 Å². The summed E-state index contributed by atoms with van der Waals surface area (Å²) in [7, 11) is 0. The average molecular weight is 350 g/mol. The van der Waals surface area contributed by atoms with Gasteiger partial charge >= 0.3 is 0 Å². The van der Waals surface area contributed by atoms with Gasteiger partial charge in [0.1, 0.15) is 24.4 Å². The second kappa shape index (κ2) is 7.13. The Morgan fingerprint density at radius 1 is 1.12 bits per heavy atom. The minimum atomic E-state index is -0.817. The van der Waals surface area contributed by atoms with Crippen LogP contribution in [-0.4, -0.2) is 48.9 Å². The zero-order valence-corrected chi connectivity index (χ0v) is 15.1. The summed E-state index contributed by atoms with van der Waals surface area (Å²) in [5, 5.41) is 0. The molecule has 1 aromatic carbocycles. The fraction of sp³-hybridized carbons (Fsp3) is 0.632. The molecular formula is C19H26O6. The van der Waals surface area contributed by atoms with Crippen molar-refractivity contribution >= 4 is 6.29 Å². The molecule has 2 aliphatic rings. The molecule has 6 nitrogen and oxygen atoms in total. The van der Waals surface area contributed by atoms with Crippen molar-refractivity contribution in [2.75, 3.05) is 6.61 Å². The van der Waals surface area contributed by atoms with E-state index in [0.29, 0.717) is 13.2 Å². The van der Waals surface area contributed by atoms with Crippen LogP contribution >= 0.6 is 0 Å². The predicted molar refractivity (Wildman–Crippen MR) is 89.8 cm³/mol. The number of carbonyl (C=O) groups excluding carboxylic acids is 1. The zero-order valence-electron chi connectivity index (χ0n) is 15.1. The van der Waals surface area contributed by atoms with Crippen LogP contribution in [-0.2, 0) is 35.1 Å². The lowest BCUT2D eigenvalue weighted by Gasteiger charge is -2.26. The maximum absolute atomic E-state index is 11.7. The fourth-order valence-electron chi connectivity index (χ4n) is 3.21. The van der Waals surface area contributed by atoms with E-state index in [4.69, 9.17) is 23.7 Å². The summed E-state index contributed by atoms with van der Waals surface area (Å²) in [6.07, 6.45) is -1.29. The van der Waals surface area contributed by atoms with Crippen molar-refractivity contribution < 1.29 is 28.5 Å². The van der Waals surface area contributed by atoms with Gasteiger partial charge < -0.3 is 28.5 Å². The van der Waals surface area contributed by atoms with E-state index in [1.165, 1.54) is 0 Å². The fourth-order valence-corrected chi connectivity index (χ4v) is 3.21. The highest BCUT2D eigenvalue weighted by Crippen LogP contribution is 2.37. The number of aldehydes is 1. The van der Waals surface area contributed by atoms with Gasteiger partial charge in [-0.15, -0.1) is 0 Å². The Balaban J connectivity index is 1.70. The first kappa shape index (κ1) is 18.5. The van der Waals surface area contributed by atoms with Crippen molar-refractivity contribution in [1.82, 2.24) is 0 Å². The van der Waals surface area contributed by atoms with Gasteiger partial charge in [-0.2, -0.15) is 0 Å². The highest BCUT2D eigenvalue weighted by molar-refractivity contribution is 5.57. The van der Waals surface area contributed by atoms with Gasteiger partial charge in [-0.05, 0) is 33.3 Å². The minimum absolute atomic E-state index is 0.315. The lowest BCUT2D eigenvalue weighted by atomic mass is 10.0. The molecule has 3 rings (SSSR count). The maximum atomic E-state index is 11.7. The van der Waals surface area contributed by atoms with Crippen molar-refractivity contribution in [2.24, 2.45) is 0 Å². The van der Waals surface area contributed by atoms with Crippen LogP contribution < -0.4 is 0 Å². The van der Waals surface area contributed by atoms with Gasteiger partial charge in [-0.1, -0.05) is 30.3 Å². The topological polar surface area (TPSA) is 63.2 Å².